The molecule has 0 atom stereocenters. The maximum atomic E-state index is 6.61. The fourth-order valence-electron chi connectivity index (χ4n) is 9.92. The average Bonchev–Trinajstić information content (AvgIpc) is 4.04. The Morgan fingerprint density at radius 1 is 0.222 bits per heavy atom. The van der Waals surface area contributed by atoms with E-state index in [4.69, 9.17) is 33.8 Å². The van der Waals surface area contributed by atoms with Crippen LogP contribution in [0.15, 0.2) is 245 Å². The van der Waals surface area contributed by atoms with Crippen molar-refractivity contribution in [3.63, 3.8) is 0 Å². The second-order valence-corrected chi connectivity index (χ2v) is 18.0. The molecule has 7 nitrogen and oxygen atoms in total. The maximum absolute atomic E-state index is 6.61. The van der Waals surface area contributed by atoms with E-state index >= 15 is 0 Å². The molecule has 7 heteroatoms. The molecule has 0 aliphatic carbocycles. The molecule has 0 radical (unpaired) electrons. The first-order valence-corrected chi connectivity index (χ1v) is 24.0. The number of benzene rings is 10. The molecule has 0 aliphatic rings. The molecular weight excluding hydrogens is 883 g/mol. The Balaban J connectivity index is 0.863. The molecule has 0 spiro atoms. The van der Waals surface area contributed by atoms with Crippen LogP contribution in [0.5, 0.6) is 0 Å². The Morgan fingerprint density at radius 2 is 0.653 bits per heavy atom. The molecule has 0 saturated carbocycles. The summed E-state index contributed by atoms with van der Waals surface area (Å²) >= 11 is 0. The Bertz CT molecular complexity index is 4410. The molecule has 14 aromatic rings. The zero-order chi connectivity index (χ0) is 47.5. The quantitative estimate of drug-likeness (QED) is 0.150. The number of para-hydroxylation sites is 1. The fourth-order valence-corrected chi connectivity index (χ4v) is 9.92. The molecule has 0 bridgehead atoms. The number of hydrogen-bond acceptors (Lipinski definition) is 7. The highest BCUT2D eigenvalue weighted by atomic mass is 16.3. The third kappa shape index (κ3) is 7.36. The topological polar surface area (TPSA) is 90.7 Å². The van der Waals surface area contributed by atoms with E-state index in [1.807, 2.05) is 60.7 Å². The summed E-state index contributed by atoms with van der Waals surface area (Å²) in [4.78, 5) is 25.8. The van der Waals surface area contributed by atoms with Crippen molar-refractivity contribution in [2.24, 2.45) is 0 Å². The molecular formula is C65H39N5O2. The number of furan rings is 2. The number of hydrogen-bond donors (Lipinski definition) is 0. The smallest absolute Gasteiger partial charge is 0.164 e. The van der Waals surface area contributed by atoms with Crippen LogP contribution in [0.3, 0.4) is 0 Å². The van der Waals surface area contributed by atoms with Gasteiger partial charge in [-0.15, -0.1) is 0 Å². The van der Waals surface area contributed by atoms with Crippen LogP contribution in [0.1, 0.15) is 0 Å². The van der Waals surface area contributed by atoms with Crippen LogP contribution in [0.2, 0.25) is 0 Å². The molecule has 0 saturated heterocycles. The van der Waals surface area contributed by atoms with Gasteiger partial charge in [-0.25, -0.2) is 24.9 Å². The van der Waals surface area contributed by atoms with Crippen molar-refractivity contribution in [1.82, 2.24) is 24.9 Å². The summed E-state index contributed by atoms with van der Waals surface area (Å²) < 4.78 is 12.9. The monoisotopic (exact) mass is 921 g/mol. The van der Waals surface area contributed by atoms with E-state index in [0.29, 0.717) is 23.3 Å². The van der Waals surface area contributed by atoms with Gasteiger partial charge in [-0.1, -0.05) is 176 Å². The molecule has 4 aromatic heterocycles. The number of fused-ring (bicyclic) bond motifs is 8. The summed E-state index contributed by atoms with van der Waals surface area (Å²) in [6.07, 6.45) is 0. The van der Waals surface area contributed by atoms with E-state index in [1.54, 1.807) is 0 Å². The second-order valence-electron chi connectivity index (χ2n) is 18.0. The predicted octanol–water partition coefficient (Wildman–Crippen LogP) is 16.9. The van der Waals surface area contributed by atoms with E-state index in [0.717, 1.165) is 122 Å². The van der Waals surface area contributed by atoms with Crippen LogP contribution in [0.25, 0.3) is 145 Å². The lowest BCUT2D eigenvalue weighted by atomic mass is 9.98. The first-order chi connectivity index (χ1) is 35.6. The summed E-state index contributed by atoms with van der Waals surface area (Å²) in [6, 6.07) is 81.1. The summed E-state index contributed by atoms with van der Waals surface area (Å²) in [7, 11) is 0. The third-order valence-electron chi connectivity index (χ3n) is 13.5. The first kappa shape index (κ1) is 41.2. The lowest BCUT2D eigenvalue weighted by Gasteiger charge is -2.12. The lowest BCUT2D eigenvalue weighted by Crippen LogP contribution is -2.00. The van der Waals surface area contributed by atoms with Crippen molar-refractivity contribution in [2.45, 2.75) is 0 Å². The zero-order valence-electron chi connectivity index (χ0n) is 38.6. The highest BCUT2D eigenvalue weighted by molar-refractivity contribution is 6.15. The van der Waals surface area contributed by atoms with Crippen LogP contribution in [-0.2, 0) is 0 Å². The Hall–Kier alpha value is -9.85. The van der Waals surface area contributed by atoms with Gasteiger partial charge in [0.2, 0.25) is 0 Å². The predicted molar refractivity (Wildman–Crippen MR) is 291 cm³/mol. The Labute approximate surface area is 413 Å². The molecule has 0 aliphatic heterocycles. The highest BCUT2D eigenvalue weighted by Gasteiger charge is 2.18. The van der Waals surface area contributed by atoms with Crippen LogP contribution >= 0.6 is 0 Å². The second kappa shape index (κ2) is 17.0. The van der Waals surface area contributed by atoms with E-state index in [2.05, 4.69) is 176 Å². The minimum absolute atomic E-state index is 0.552. The van der Waals surface area contributed by atoms with Crippen molar-refractivity contribution in [1.29, 1.82) is 0 Å². The molecule has 0 amide bonds. The largest absolute Gasteiger partial charge is 0.456 e. The van der Waals surface area contributed by atoms with Crippen molar-refractivity contribution >= 4 is 54.6 Å². The highest BCUT2D eigenvalue weighted by Crippen LogP contribution is 2.39. The van der Waals surface area contributed by atoms with Gasteiger partial charge in [0.15, 0.2) is 23.3 Å². The lowest BCUT2D eigenvalue weighted by molar-refractivity contribution is 0.669. The molecule has 4 heterocycles. The summed E-state index contributed by atoms with van der Waals surface area (Å²) in [5, 5.41) is 6.52. The van der Waals surface area contributed by atoms with E-state index in [9.17, 15) is 0 Å². The average molecular weight is 922 g/mol. The van der Waals surface area contributed by atoms with Crippen LogP contribution in [0, 0.1) is 0 Å². The molecule has 72 heavy (non-hydrogen) atoms. The Morgan fingerprint density at radius 3 is 1.35 bits per heavy atom. The van der Waals surface area contributed by atoms with Crippen molar-refractivity contribution in [2.75, 3.05) is 0 Å². The number of aromatic nitrogens is 5. The third-order valence-corrected chi connectivity index (χ3v) is 13.5. The summed E-state index contributed by atoms with van der Waals surface area (Å²) in [5.41, 5.74) is 14.6. The van der Waals surface area contributed by atoms with E-state index in [-0.39, 0.29) is 0 Å². The van der Waals surface area contributed by atoms with E-state index < -0.39 is 0 Å². The van der Waals surface area contributed by atoms with Gasteiger partial charge in [0.25, 0.3) is 0 Å². The van der Waals surface area contributed by atoms with Gasteiger partial charge in [-0.2, -0.15) is 0 Å². The molecule has 14 rings (SSSR count). The standard InChI is InChI=1S/C65H39N5O2/c1-3-14-40(15-4-1)43-19-12-23-48(35-43)63-68-64(70-65(69-63)50-30-32-53-52-26-9-10-27-58(52)71-59(53)38-50)49-24-13-21-45(36-49)44-20-11-22-46(34-44)56-39-57(67-62(66-56)42-17-5-2-6-18-42)47-29-31-54-55-33-28-41-16-7-8-25-51(41)61(55)72-60(54)37-47/h1-39H. The minimum atomic E-state index is 0.552. The van der Waals surface area contributed by atoms with Crippen molar-refractivity contribution < 1.29 is 8.83 Å². The molecule has 10 aromatic carbocycles. The molecule has 0 unspecified atom stereocenters. The van der Waals surface area contributed by atoms with Crippen molar-refractivity contribution in [3.8, 4) is 90.3 Å². The van der Waals surface area contributed by atoms with Crippen LogP contribution in [-0.4, -0.2) is 24.9 Å². The fraction of sp³-hybridized carbons (Fsp3) is 0. The summed E-state index contributed by atoms with van der Waals surface area (Å²) in [5.74, 6) is 2.33. The normalized spacial score (nSPS) is 11.6. The van der Waals surface area contributed by atoms with Gasteiger partial charge >= 0.3 is 0 Å². The van der Waals surface area contributed by atoms with Gasteiger partial charge in [0.05, 0.1) is 11.4 Å². The van der Waals surface area contributed by atoms with Gasteiger partial charge in [0.1, 0.15) is 22.3 Å². The van der Waals surface area contributed by atoms with Gasteiger partial charge in [-0.05, 0) is 88.3 Å². The minimum Gasteiger partial charge on any atom is -0.456 e. The zero-order valence-corrected chi connectivity index (χ0v) is 38.6. The maximum Gasteiger partial charge on any atom is 0.164 e. The number of rotatable bonds is 8. The van der Waals surface area contributed by atoms with E-state index in [1.165, 1.54) is 0 Å². The van der Waals surface area contributed by atoms with Crippen LogP contribution in [0.4, 0.5) is 0 Å². The summed E-state index contributed by atoms with van der Waals surface area (Å²) in [6.45, 7) is 0. The first-order valence-electron chi connectivity index (χ1n) is 24.0. The SMILES string of the molecule is c1ccc(-c2cccc(-c3nc(-c4cccc(-c5cccc(-c6cc(-c7ccc8c(c7)oc7c9ccccc9ccc87)nc(-c7ccccc7)n6)c5)c4)nc(-c4ccc5c(c4)oc4ccccc45)n3)c2)cc1. The van der Waals surface area contributed by atoms with Crippen molar-refractivity contribution in [3.05, 3.63) is 237 Å². The molecule has 0 fully saturated rings. The van der Waals surface area contributed by atoms with Gasteiger partial charge in [0, 0.05) is 60.3 Å². The van der Waals surface area contributed by atoms with Gasteiger partial charge < -0.3 is 8.83 Å². The molecule has 0 N–H and O–H groups in total. The number of nitrogens with zero attached hydrogens (tertiary/aromatic N) is 5. The van der Waals surface area contributed by atoms with Gasteiger partial charge in [-0.3, -0.25) is 0 Å². The van der Waals surface area contributed by atoms with Crippen LogP contribution < -0.4 is 0 Å². The Kier molecular flexibility index (Phi) is 9.70. The molecule has 336 valence electrons.